The molecule has 13 heavy (non-hydrogen) atoms. The maximum atomic E-state index is 5.38. The average Bonchev–Trinajstić information content (AvgIpc) is 2.46. The van der Waals surface area contributed by atoms with E-state index >= 15 is 0 Å². The number of rotatable bonds is 2. The largest absolute Gasteiger partial charge is 0.269 e. The zero-order valence-electron chi connectivity index (χ0n) is 8.68. The van der Waals surface area contributed by atoms with E-state index in [0.717, 1.165) is 11.4 Å². The van der Waals surface area contributed by atoms with Crippen LogP contribution in [0.5, 0.6) is 0 Å². The normalized spacial score (nSPS) is 10.8. The minimum Gasteiger partial charge on any atom is -0.269 e. The van der Waals surface area contributed by atoms with Crippen LogP contribution in [0.15, 0.2) is 0 Å². The summed E-state index contributed by atoms with van der Waals surface area (Å²) in [6.45, 7) is 8.53. The second-order valence-corrected chi connectivity index (χ2v) is 3.85. The summed E-state index contributed by atoms with van der Waals surface area (Å²) in [6, 6.07) is 0. The molecule has 2 heteroatoms. The lowest BCUT2D eigenvalue weighted by Gasteiger charge is -2.08. The monoisotopic (exact) mass is 176 g/mol. The van der Waals surface area contributed by atoms with E-state index in [1.54, 1.807) is 0 Å². The van der Waals surface area contributed by atoms with Gasteiger partial charge < -0.3 is 0 Å². The topological polar surface area (TPSA) is 28.7 Å². The van der Waals surface area contributed by atoms with Gasteiger partial charge >= 0.3 is 0 Å². The Balaban J connectivity index is 3.24. The number of H-pyrrole nitrogens is 1. The highest BCUT2D eigenvalue weighted by Gasteiger charge is 2.16. The van der Waals surface area contributed by atoms with Crippen LogP contribution < -0.4 is 0 Å². The number of terminal acetylenes is 1. The van der Waals surface area contributed by atoms with Crippen molar-refractivity contribution in [1.29, 1.82) is 0 Å². The zero-order chi connectivity index (χ0) is 10.0. The molecule has 0 saturated carbocycles. The number of hydrogen-bond donors (Lipinski definition) is 1. The fourth-order valence-electron chi connectivity index (χ4n) is 1.50. The lowest BCUT2D eigenvalue weighted by Crippen LogP contribution is -1.97. The quantitative estimate of drug-likeness (QED) is 0.689. The first-order valence-electron chi connectivity index (χ1n) is 4.62. The van der Waals surface area contributed by atoms with E-state index in [1.807, 2.05) is 0 Å². The Morgan fingerprint density at radius 1 is 1.23 bits per heavy atom. The predicted molar refractivity (Wildman–Crippen MR) is 54.7 cm³/mol. The van der Waals surface area contributed by atoms with Crippen molar-refractivity contribution in [1.82, 2.24) is 10.2 Å². The predicted octanol–water partition coefficient (Wildman–Crippen LogP) is 2.64. The third-order valence-electron chi connectivity index (χ3n) is 2.10. The van der Waals surface area contributed by atoms with Crippen LogP contribution in [0.4, 0.5) is 0 Å². The van der Waals surface area contributed by atoms with Gasteiger partial charge in [0.05, 0.1) is 5.69 Å². The first kappa shape index (κ1) is 9.85. The van der Waals surface area contributed by atoms with Crippen molar-refractivity contribution in [2.45, 2.75) is 39.5 Å². The van der Waals surface area contributed by atoms with Crippen molar-refractivity contribution in [3.63, 3.8) is 0 Å². The van der Waals surface area contributed by atoms with Crippen molar-refractivity contribution in [3.05, 3.63) is 17.0 Å². The van der Waals surface area contributed by atoms with Gasteiger partial charge in [0.1, 0.15) is 5.69 Å². The van der Waals surface area contributed by atoms with Crippen LogP contribution in [0.1, 0.15) is 56.5 Å². The molecule has 1 heterocycles. The van der Waals surface area contributed by atoms with E-state index in [-0.39, 0.29) is 0 Å². The Bertz CT molecular complexity index is 326. The number of nitrogens with zero attached hydrogens (tertiary/aromatic N) is 1. The van der Waals surface area contributed by atoms with E-state index in [2.05, 4.69) is 43.8 Å². The zero-order valence-corrected chi connectivity index (χ0v) is 8.68. The molecule has 0 radical (unpaired) electrons. The summed E-state index contributed by atoms with van der Waals surface area (Å²) in [7, 11) is 0. The Labute approximate surface area is 79.7 Å². The number of aromatic nitrogens is 2. The Morgan fingerprint density at radius 2 is 1.85 bits per heavy atom. The first-order chi connectivity index (χ1) is 6.07. The minimum atomic E-state index is 0.427. The molecule has 0 aliphatic carbocycles. The molecule has 1 aromatic rings. The number of hydrogen-bond acceptors (Lipinski definition) is 1. The van der Waals surface area contributed by atoms with Crippen LogP contribution in [0.3, 0.4) is 0 Å². The Kier molecular flexibility index (Phi) is 2.77. The summed E-state index contributed by atoms with van der Waals surface area (Å²) in [4.78, 5) is 0. The van der Waals surface area contributed by atoms with E-state index < -0.39 is 0 Å². The molecule has 0 spiro atoms. The summed E-state index contributed by atoms with van der Waals surface area (Å²) in [6.07, 6.45) is 5.38. The van der Waals surface area contributed by atoms with Gasteiger partial charge in [0.2, 0.25) is 0 Å². The van der Waals surface area contributed by atoms with E-state index in [0.29, 0.717) is 11.8 Å². The second-order valence-electron chi connectivity index (χ2n) is 3.85. The van der Waals surface area contributed by atoms with Gasteiger partial charge in [0, 0.05) is 5.56 Å². The summed E-state index contributed by atoms with van der Waals surface area (Å²) < 4.78 is 0. The van der Waals surface area contributed by atoms with Crippen molar-refractivity contribution in [3.8, 4) is 12.3 Å². The van der Waals surface area contributed by atoms with E-state index in [1.165, 1.54) is 5.56 Å². The maximum Gasteiger partial charge on any atom is 0.111 e. The molecule has 1 N–H and O–H groups in total. The summed E-state index contributed by atoms with van der Waals surface area (Å²) in [5, 5.41) is 7.14. The van der Waals surface area contributed by atoms with Gasteiger partial charge in [-0.3, -0.25) is 5.10 Å². The molecule has 0 aromatic carbocycles. The van der Waals surface area contributed by atoms with Crippen molar-refractivity contribution in [2.24, 2.45) is 0 Å². The van der Waals surface area contributed by atoms with Gasteiger partial charge in [-0.05, 0) is 11.8 Å². The van der Waals surface area contributed by atoms with Crippen molar-refractivity contribution in [2.75, 3.05) is 0 Å². The second kappa shape index (κ2) is 3.66. The molecule has 0 amide bonds. The standard InChI is InChI=1S/C11H16N2/c1-6-9-10(7(2)3)11(8(4)5)13-12-9/h1,7-8H,2-5H3,(H,12,13). The average molecular weight is 176 g/mol. The summed E-state index contributed by atoms with van der Waals surface area (Å²) in [5.41, 5.74) is 3.12. The van der Waals surface area contributed by atoms with Gasteiger partial charge in [-0.15, -0.1) is 6.42 Å². The summed E-state index contributed by atoms with van der Waals surface area (Å²) in [5.74, 6) is 3.49. The highest BCUT2D eigenvalue weighted by atomic mass is 15.1. The molecule has 0 aliphatic heterocycles. The van der Waals surface area contributed by atoms with Crippen LogP contribution >= 0.6 is 0 Å². The SMILES string of the molecule is C#Cc1[nH]nc(C(C)C)c1C(C)C. The van der Waals surface area contributed by atoms with Gasteiger partial charge in [0.25, 0.3) is 0 Å². The van der Waals surface area contributed by atoms with Crippen LogP contribution in [-0.2, 0) is 0 Å². The molecule has 0 atom stereocenters. The fraction of sp³-hybridized carbons (Fsp3) is 0.545. The molecule has 1 aromatic heterocycles. The van der Waals surface area contributed by atoms with Gasteiger partial charge in [-0.1, -0.05) is 33.6 Å². The minimum absolute atomic E-state index is 0.427. The molecule has 0 unspecified atom stereocenters. The smallest absolute Gasteiger partial charge is 0.111 e. The maximum absolute atomic E-state index is 5.38. The van der Waals surface area contributed by atoms with Gasteiger partial charge in [0.15, 0.2) is 0 Å². The third-order valence-corrected chi connectivity index (χ3v) is 2.10. The number of aromatic amines is 1. The highest BCUT2D eigenvalue weighted by molar-refractivity contribution is 5.39. The molecule has 70 valence electrons. The third kappa shape index (κ3) is 1.75. The lowest BCUT2D eigenvalue weighted by molar-refractivity contribution is 0.766. The van der Waals surface area contributed by atoms with Crippen LogP contribution in [-0.4, -0.2) is 10.2 Å². The lowest BCUT2D eigenvalue weighted by atomic mass is 9.95. The molecule has 0 aliphatic rings. The molecule has 1 rings (SSSR count). The number of nitrogens with one attached hydrogen (secondary N) is 1. The van der Waals surface area contributed by atoms with Gasteiger partial charge in [-0.2, -0.15) is 5.10 Å². The molecule has 0 fully saturated rings. The van der Waals surface area contributed by atoms with Crippen LogP contribution in [0.25, 0.3) is 0 Å². The molecule has 0 saturated heterocycles. The van der Waals surface area contributed by atoms with Crippen LogP contribution in [0.2, 0.25) is 0 Å². The first-order valence-corrected chi connectivity index (χ1v) is 4.62. The van der Waals surface area contributed by atoms with E-state index in [4.69, 9.17) is 6.42 Å². The van der Waals surface area contributed by atoms with E-state index in [9.17, 15) is 0 Å². The van der Waals surface area contributed by atoms with Crippen molar-refractivity contribution >= 4 is 0 Å². The van der Waals surface area contributed by atoms with Gasteiger partial charge in [-0.25, -0.2) is 0 Å². The fourth-order valence-corrected chi connectivity index (χ4v) is 1.50. The Morgan fingerprint density at radius 3 is 2.23 bits per heavy atom. The molecule has 2 nitrogen and oxygen atoms in total. The summed E-state index contributed by atoms with van der Waals surface area (Å²) >= 11 is 0. The van der Waals surface area contributed by atoms with Crippen molar-refractivity contribution < 1.29 is 0 Å². The Hall–Kier alpha value is -1.23. The molecule has 0 bridgehead atoms. The highest BCUT2D eigenvalue weighted by Crippen LogP contribution is 2.26. The van der Waals surface area contributed by atoms with Crippen LogP contribution in [0, 0.1) is 12.3 Å². The molecular formula is C11H16N2. The molecular weight excluding hydrogens is 160 g/mol.